The van der Waals surface area contributed by atoms with E-state index in [1.54, 1.807) is 33.8 Å². The standard InChI is InChI=1S/C19H25BrFNO3/c1-11(9-16(23)25-19(2,3)4)18(24)22-15-8-7-14(21)17(20)13(15)10-12-5-6-12/h7-8,11-12H,5-6,9-10H2,1-4H3,(H,22,24)/t11-/m1/s1. The molecule has 138 valence electrons. The molecule has 0 heterocycles. The number of hydrogen-bond acceptors (Lipinski definition) is 3. The zero-order valence-electron chi connectivity index (χ0n) is 15.1. The molecule has 25 heavy (non-hydrogen) atoms. The summed E-state index contributed by atoms with van der Waals surface area (Å²) in [7, 11) is 0. The van der Waals surface area contributed by atoms with Gasteiger partial charge < -0.3 is 10.1 Å². The van der Waals surface area contributed by atoms with Crippen molar-refractivity contribution in [3.63, 3.8) is 0 Å². The molecule has 4 nitrogen and oxygen atoms in total. The van der Waals surface area contributed by atoms with Crippen LogP contribution >= 0.6 is 15.9 Å². The molecule has 1 aromatic rings. The smallest absolute Gasteiger partial charge is 0.307 e. The van der Waals surface area contributed by atoms with Gasteiger partial charge in [0.25, 0.3) is 0 Å². The summed E-state index contributed by atoms with van der Waals surface area (Å²) in [5, 5.41) is 2.84. The van der Waals surface area contributed by atoms with Crippen molar-refractivity contribution < 1.29 is 18.7 Å². The molecule has 0 radical (unpaired) electrons. The van der Waals surface area contributed by atoms with E-state index in [4.69, 9.17) is 4.74 Å². The zero-order chi connectivity index (χ0) is 18.8. The van der Waals surface area contributed by atoms with Crippen LogP contribution in [0.2, 0.25) is 0 Å². The Bertz CT molecular complexity index is 665. The van der Waals surface area contributed by atoms with Crippen molar-refractivity contribution in [2.75, 3.05) is 5.32 Å². The number of hydrogen-bond donors (Lipinski definition) is 1. The van der Waals surface area contributed by atoms with Crippen molar-refractivity contribution >= 4 is 33.5 Å². The van der Waals surface area contributed by atoms with E-state index in [0.717, 1.165) is 24.8 Å². The molecule has 1 saturated carbocycles. The number of amides is 1. The minimum atomic E-state index is -0.577. The Labute approximate surface area is 156 Å². The molecule has 1 aliphatic carbocycles. The van der Waals surface area contributed by atoms with E-state index in [1.165, 1.54) is 6.07 Å². The molecule has 1 N–H and O–H groups in total. The lowest BCUT2D eigenvalue weighted by Gasteiger charge is -2.21. The molecule has 1 atom stereocenters. The molecule has 2 rings (SSSR count). The monoisotopic (exact) mass is 413 g/mol. The number of rotatable bonds is 6. The number of anilines is 1. The molecule has 0 unspecified atom stereocenters. The van der Waals surface area contributed by atoms with Gasteiger partial charge in [-0.05, 0) is 79.6 Å². The van der Waals surface area contributed by atoms with Gasteiger partial charge in [-0.25, -0.2) is 4.39 Å². The normalized spacial score (nSPS) is 15.6. The predicted octanol–water partition coefficient (Wildman–Crippen LogP) is 4.85. The van der Waals surface area contributed by atoms with Gasteiger partial charge in [0, 0.05) is 11.6 Å². The van der Waals surface area contributed by atoms with Crippen LogP contribution in [0.5, 0.6) is 0 Å². The molecule has 1 aromatic carbocycles. The maximum Gasteiger partial charge on any atom is 0.307 e. The quantitative estimate of drug-likeness (QED) is 0.678. The van der Waals surface area contributed by atoms with Gasteiger partial charge in [0.2, 0.25) is 5.91 Å². The van der Waals surface area contributed by atoms with Crippen LogP contribution in [0.4, 0.5) is 10.1 Å². The first-order valence-corrected chi connectivity index (χ1v) is 9.35. The summed E-state index contributed by atoms with van der Waals surface area (Å²) in [6, 6.07) is 2.91. The number of carbonyl (C=O) groups excluding carboxylic acids is 2. The molecule has 0 bridgehead atoms. The molecule has 0 saturated heterocycles. The largest absolute Gasteiger partial charge is 0.460 e. The van der Waals surface area contributed by atoms with E-state index in [2.05, 4.69) is 21.2 Å². The highest BCUT2D eigenvalue weighted by Crippen LogP contribution is 2.38. The fraction of sp³-hybridized carbons (Fsp3) is 0.579. The molecule has 1 aliphatic rings. The Kier molecular flexibility index (Phi) is 6.25. The number of nitrogens with one attached hydrogen (secondary N) is 1. The maximum atomic E-state index is 13.8. The number of benzene rings is 1. The van der Waals surface area contributed by atoms with Crippen LogP contribution in [0.15, 0.2) is 16.6 Å². The Morgan fingerprint density at radius 3 is 2.56 bits per heavy atom. The summed E-state index contributed by atoms with van der Waals surface area (Å²) in [6.45, 7) is 7.04. The van der Waals surface area contributed by atoms with Gasteiger partial charge in [0.1, 0.15) is 11.4 Å². The Morgan fingerprint density at radius 2 is 2.00 bits per heavy atom. The van der Waals surface area contributed by atoms with Crippen LogP contribution < -0.4 is 5.32 Å². The van der Waals surface area contributed by atoms with E-state index in [-0.39, 0.29) is 18.1 Å². The van der Waals surface area contributed by atoms with Crippen molar-refractivity contribution in [1.29, 1.82) is 0 Å². The molecule has 0 aromatic heterocycles. The highest BCUT2D eigenvalue weighted by atomic mass is 79.9. The van der Waals surface area contributed by atoms with Gasteiger partial charge in [-0.2, -0.15) is 0 Å². The number of esters is 1. The fourth-order valence-corrected chi connectivity index (χ4v) is 3.01. The lowest BCUT2D eigenvalue weighted by Crippen LogP contribution is -2.28. The van der Waals surface area contributed by atoms with E-state index >= 15 is 0 Å². The van der Waals surface area contributed by atoms with Gasteiger partial charge in [0.15, 0.2) is 0 Å². The third-order valence-corrected chi connectivity index (χ3v) is 4.84. The summed E-state index contributed by atoms with van der Waals surface area (Å²) in [4.78, 5) is 24.3. The highest BCUT2D eigenvalue weighted by Gasteiger charge is 2.27. The fourth-order valence-electron chi connectivity index (χ4n) is 2.50. The van der Waals surface area contributed by atoms with Gasteiger partial charge in [-0.1, -0.05) is 6.92 Å². The first-order chi connectivity index (χ1) is 11.6. The minimum Gasteiger partial charge on any atom is -0.460 e. The molecule has 1 fully saturated rings. The minimum absolute atomic E-state index is 0.00340. The van der Waals surface area contributed by atoms with Crippen LogP contribution in [0, 0.1) is 17.7 Å². The van der Waals surface area contributed by atoms with Crippen LogP contribution in [-0.2, 0) is 20.7 Å². The molecular weight excluding hydrogens is 389 g/mol. The second kappa shape index (κ2) is 7.85. The molecule has 1 amide bonds. The Morgan fingerprint density at radius 1 is 1.36 bits per heavy atom. The molecule has 0 spiro atoms. The summed E-state index contributed by atoms with van der Waals surface area (Å²) in [6.07, 6.45) is 2.99. The third kappa shape index (κ3) is 6.10. The lowest BCUT2D eigenvalue weighted by molar-refractivity contribution is -0.156. The summed E-state index contributed by atoms with van der Waals surface area (Å²) >= 11 is 3.29. The van der Waals surface area contributed by atoms with Crippen molar-refractivity contribution in [1.82, 2.24) is 0 Å². The first-order valence-electron chi connectivity index (χ1n) is 8.56. The van der Waals surface area contributed by atoms with Crippen LogP contribution in [0.25, 0.3) is 0 Å². The second-order valence-electron chi connectivity index (χ2n) is 7.72. The Balaban J connectivity index is 2.04. The van der Waals surface area contributed by atoms with E-state index in [1.807, 2.05) is 0 Å². The van der Waals surface area contributed by atoms with Crippen molar-refractivity contribution in [2.45, 2.75) is 59.0 Å². The average Bonchev–Trinajstić information content (AvgIpc) is 3.28. The van der Waals surface area contributed by atoms with Gasteiger partial charge in [-0.3, -0.25) is 9.59 Å². The molecule has 6 heteroatoms. The topological polar surface area (TPSA) is 55.4 Å². The van der Waals surface area contributed by atoms with Crippen molar-refractivity contribution in [3.05, 3.63) is 28.0 Å². The number of ether oxygens (including phenoxy) is 1. The highest BCUT2D eigenvalue weighted by molar-refractivity contribution is 9.10. The number of carbonyl (C=O) groups is 2. The van der Waals surface area contributed by atoms with Crippen molar-refractivity contribution in [3.8, 4) is 0 Å². The lowest BCUT2D eigenvalue weighted by atomic mass is 10.0. The molecule has 0 aliphatic heterocycles. The van der Waals surface area contributed by atoms with Gasteiger partial charge in [-0.15, -0.1) is 0 Å². The van der Waals surface area contributed by atoms with Crippen LogP contribution in [0.3, 0.4) is 0 Å². The maximum absolute atomic E-state index is 13.8. The van der Waals surface area contributed by atoms with Crippen molar-refractivity contribution in [2.24, 2.45) is 11.8 Å². The number of halogens is 2. The molecular formula is C19H25BrFNO3. The summed E-state index contributed by atoms with van der Waals surface area (Å²) < 4.78 is 19.5. The second-order valence-corrected chi connectivity index (χ2v) is 8.51. The summed E-state index contributed by atoms with van der Waals surface area (Å²) in [5.41, 5.74) is 0.800. The van der Waals surface area contributed by atoms with Gasteiger partial charge in [0.05, 0.1) is 10.9 Å². The Hall–Kier alpha value is -1.43. The van der Waals surface area contributed by atoms with Crippen LogP contribution in [0.1, 0.15) is 52.5 Å². The van der Waals surface area contributed by atoms with E-state index in [9.17, 15) is 14.0 Å². The van der Waals surface area contributed by atoms with E-state index in [0.29, 0.717) is 16.1 Å². The van der Waals surface area contributed by atoms with E-state index < -0.39 is 17.5 Å². The average molecular weight is 414 g/mol. The third-order valence-electron chi connectivity index (χ3n) is 3.98. The van der Waals surface area contributed by atoms with Gasteiger partial charge >= 0.3 is 5.97 Å². The zero-order valence-corrected chi connectivity index (χ0v) is 16.7. The predicted molar refractivity (Wildman–Crippen MR) is 98.8 cm³/mol. The SMILES string of the molecule is C[C@H](CC(=O)OC(C)(C)C)C(=O)Nc1ccc(F)c(Br)c1CC1CC1. The first kappa shape index (κ1) is 19.9. The summed E-state index contributed by atoms with van der Waals surface area (Å²) in [5.74, 6) is -1.01. The van der Waals surface area contributed by atoms with Crippen LogP contribution in [-0.4, -0.2) is 17.5 Å².